The minimum atomic E-state index is -3.61. The van der Waals surface area contributed by atoms with E-state index in [1.54, 1.807) is 12.3 Å². The first-order valence-corrected chi connectivity index (χ1v) is 12.6. The van der Waals surface area contributed by atoms with Gasteiger partial charge in [-0.05, 0) is 44.5 Å². The Balaban J connectivity index is 2.39. The molecule has 0 fully saturated rings. The quantitative estimate of drug-likeness (QED) is 0.424. The van der Waals surface area contributed by atoms with Crippen molar-refractivity contribution in [3.63, 3.8) is 0 Å². The first-order chi connectivity index (χ1) is 14.5. The van der Waals surface area contributed by atoms with Gasteiger partial charge in [-0.3, -0.25) is 0 Å². The van der Waals surface area contributed by atoms with Crippen molar-refractivity contribution < 1.29 is 8.42 Å². The molecule has 0 aliphatic rings. The maximum atomic E-state index is 13.3. The molecule has 0 saturated heterocycles. The minimum Gasteiger partial charge on any atom is -0.360 e. The summed E-state index contributed by atoms with van der Waals surface area (Å²) in [5.41, 5.74) is 2.60. The van der Waals surface area contributed by atoms with Gasteiger partial charge in [0, 0.05) is 19.1 Å². The second kappa shape index (κ2) is 10.9. The second-order valence-electron chi connectivity index (χ2n) is 8.56. The first-order valence-electron chi connectivity index (χ1n) is 10.5. The van der Waals surface area contributed by atoms with E-state index in [9.17, 15) is 8.42 Å². The fourth-order valence-electron chi connectivity index (χ4n) is 3.32. The third-order valence-electron chi connectivity index (χ3n) is 4.57. The van der Waals surface area contributed by atoms with Gasteiger partial charge in [0.05, 0.1) is 24.2 Å². The summed E-state index contributed by atoms with van der Waals surface area (Å²) in [7, 11) is -3.61. The minimum absolute atomic E-state index is 0.0765. The highest BCUT2D eigenvalue weighted by molar-refractivity contribution is 7.90. The lowest BCUT2D eigenvalue weighted by Crippen LogP contribution is -2.42. The molecule has 0 atom stereocenters. The van der Waals surface area contributed by atoms with Gasteiger partial charge in [0.25, 0.3) is 0 Å². The van der Waals surface area contributed by atoms with E-state index in [2.05, 4.69) is 30.7 Å². The molecule has 0 aliphatic carbocycles. The number of thiocarbonyl (C=S) groups is 1. The van der Waals surface area contributed by atoms with Crippen LogP contribution in [-0.2, 0) is 28.7 Å². The van der Waals surface area contributed by atoms with Crippen molar-refractivity contribution in [2.75, 3.05) is 6.54 Å². The van der Waals surface area contributed by atoms with Crippen LogP contribution < -0.4 is 5.32 Å². The maximum Gasteiger partial charge on any atom is 0.228 e. The summed E-state index contributed by atoms with van der Waals surface area (Å²) < 4.78 is 28.4. The number of aryl methyl sites for hydroxylation is 1. The van der Waals surface area contributed by atoms with E-state index in [4.69, 9.17) is 12.2 Å². The van der Waals surface area contributed by atoms with Gasteiger partial charge in [-0.25, -0.2) is 13.4 Å². The fourth-order valence-corrected chi connectivity index (χ4v) is 5.18. The van der Waals surface area contributed by atoms with Gasteiger partial charge in [0.2, 0.25) is 15.0 Å². The van der Waals surface area contributed by atoms with Gasteiger partial charge in [-0.1, -0.05) is 49.8 Å². The number of sulfone groups is 1. The summed E-state index contributed by atoms with van der Waals surface area (Å²) in [6, 6.07) is 7.77. The molecule has 0 amide bonds. The third kappa shape index (κ3) is 7.18. The molecule has 8 heteroatoms. The molecule has 0 aliphatic heterocycles. The Labute approximate surface area is 192 Å². The van der Waals surface area contributed by atoms with E-state index < -0.39 is 9.84 Å². The Morgan fingerprint density at radius 2 is 2.03 bits per heavy atom. The van der Waals surface area contributed by atoms with Crippen molar-refractivity contribution in [2.45, 2.75) is 64.7 Å². The predicted molar refractivity (Wildman–Crippen MR) is 131 cm³/mol. The third-order valence-corrected chi connectivity index (χ3v) is 6.54. The van der Waals surface area contributed by atoms with Crippen LogP contribution in [0, 0.1) is 12.8 Å². The summed E-state index contributed by atoms with van der Waals surface area (Å²) in [6.45, 7) is 15.5. The molecule has 0 bridgehead atoms. The lowest BCUT2D eigenvalue weighted by molar-refractivity contribution is 0.402. The average Bonchev–Trinajstić information content (AvgIpc) is 3.03. The normalized spacial score (nSPS) is 11.7. The number of benzene rings is 1. The van der Waals surface area contributed by atoms with Crippen LogP contribution in [0.5, 0.6) is 0 Å². The fraction of sp³-hybridized carbons (Fsp3) is 0.478. The van der Waals surface area contributed by atoms with Crippen LogP contribution in [0.1, 0.15) is 44.5 Å². The van der Waals surface area contributed by atoms with Crippen LogP contribution in [-0.4, -0.2) is 40.6 Å². The van der Waals surface area contributed by atoms with Crippen LogP contribution in [0.25, 0.3) is 0 Å². The van der Waals surface area contributed by atoms with Crippen LogP contribution in [0.4, 0.5) is 0 Å². The van der Waals surface area contributed by atoms with Crippen molar-refractivity contribution in [2.24, 2.45) is 5.92 Å². The molecule has 2 rings (SSSR count). The van der Waals surface area contributed by atoms with Crippen LogP contribution in [0.2, 0.25) is 0 Å². The molecule has 0 radical (unpaired) electrons. The Kier molecular flexibility index (Phi) is 8.82. The molecule has 1 heterocycles. The molecule has 0 spiro atoms. The lowest BCUT2D eigenvalue weighted by atomic mass is 10.2. The van der Waals surface area contributed by atoms with Crippen molar-refractivity contribution in [1.29, 1.82) is 0 Å². The van der Waals surface area contributed by atoms with E-state index in [1.807, 2.05) is 54.5 Å². The van der Waals surface area contributed by atoms with Gasteiger partial charge in [-0.2, -0.15) is 0 Å². The molecular formula is C23H34N4O2S2. The number of imidazole rings is 1. The molecule has 6 nitrogen and oxygen atoms in total. The summed E-state index contributed by atoms with van der Waals surface area (Å²) >= 11 is 5.55. The van der Waals surface area contributed by atoms with Crippen LogP contribution in [0.15, 0.2) is 48.3 Å². The highest BCUT2D eigenvalue weighted by Crippen LogP contribution is 2.21. The summed E-state index contributed by atoms with van der Waals surface area (Å²) in [5.74, 6) is 0.182. The number of rotatable bonds is 10. The zero-order valence-corrected chi connectivity index (χ0v) is 20.8. The van der Waals surface area contributed by atoms with Gasteiger partial charge >= 0.3 is 0 Å². The van der Waals surface area contributed by atoms with E-state index in [0.717, 1.165) is 16.8 Å². The number of nitrogens with zero attached hydrogens (tertiary/aromatic N) is 3. The first kappa shape index (κ1) is 25.1. The van der Waals surface area contributed by atoms with E-state index in [0.29, 0.717) is 24.7 Å². The Hall–Kier alpha value is -2.19. The van der Waals surface area contributed by atoms with Crippen molar-refractivity contribution in [1.82, 2.24) is 19.8 Å². The van der Waals surface area contributed by atoms with Gasteiger partial charge in [-0.15, -0.1) is 6.58 Å². The van der Waals surface area contributed by atoms with E-state index >= 15 is 0 Å². The Bertz CT molecular complexity index is 1010. The summed E-state index contributed by atoms with van der Waals surface area (Å²) in [4.78, 5) is 6.32. The second-order valence-corrected chi connectivity index (χ2v) is 10.8. The lowest BCUT2D eigenvalue weighted by Gasteiger charge is -2.26. The smallest absolute Gasteiger partial charge is 0.228 e. The summed E-state index contributed by atoms with van der Waals surface area (Å²) in [5, 5.41) is 3.96. The zero-order valence-electron chi connectivity index (χ0n) is 19.1. The molecule has 1 aromatic carbocycles. The molecule has 1 N–H and O–H groups in total. The molecule has 2 aromatic rings. The van der Waals surface area contributed by atoms with E-state index in [1.165, 1.54) is 0 Å². The molecule has 1 aromatic heterocycles. The highest BCUT2D eigenvalue weighted by atomic mass is 32.2. The zero-order chi connectivity index (χ0) is 23.2. The molecular weight excluding hydrogens is 428 g/mol. The van der Waals surface area contributed by atoms with Crippen molar-refractivity contribution >= 4 is 27.2 Å². The van der Waals surface area contributed by atoms with Crippen molar-refractivity contribution in [3.05, 3.63) is 59.9 Å². The van der Waals surface area contributed by atoms with Gasteiger partial charge in [0.1, 0.15) is 0 Å². The highest BCUT2D eigenvalue weighted by Gasteiger charge is 2.25. The largest absolute Gasteiger partial charge is 0.360 e. The maximum absolute atomic E-state index is 13.3. The Morgan fingerprint density at radius 3 is 2.61 bits per heavy atom. The summed E-state index contributed by atoms with van der Waals surface area (Å²) in [6.07, 6.45) is 3.44. The van der Waals surface area contributed by atoms with Crippen LogP contribution in [0.3, 0.4) is 0 Å². The van der Waals surface area contributed by atoms with Crippen molar-refractivity contribution in [3.8, 4) is 0 Å². The molecule has 0 saturated carbocycles. The van der Waals surface area contributed by atoms with Gasteiger partial charge in [0.15, 0.2) is 5.11 Å². The van der Waals surface area contributed by atoms with Gasteiger partial charge < -0.3 is 14.8 Å². The molecule has 170 valence electrons. The predicted octanol–water partition coefficient (Wildman–Crippen LogP) is 4.09. The Morgan fingerprint density at radius 1 is 1.32 bits per heavy atom. The standard InChI is InChI=1S/C23H34N4O2S2/c1-7-11-26(22(30)25-18(4)5)15-21-13-24-23(27(21)14-17(2)3)31(28,29)16-20-10-8-9-19(6)12-20/h7-10,12-13,17-18H,1,11,14-16H2,2-6H3,(H,25,30). The topological polar surface area (TPSA) is 67.2 Å². The molecule has 0 unspecified atom stereocenters. The number of nitrogens with one attached hydrogen (secondary N) is 1. The number of aromatic nitrogens is 2. The van der Waals surface area contributed by atoms with E-state index in [-0.39, 0.29) is 22.9 Å². The monoisotopic (exact) mass is 462 g/mol. The van der Waals surface area contributed by atoms with Crippen LogP contribution >= 0.6 is 12.2 Å². The number of hydrogen-bond acceptors (Lipinski definition) is 4. The SMILES string of the molecule is C=CCN(Cc1cnc(S(=O)(=O)Cc2cccc(C)c2)n1CC(C)C)C(=S)NC(C)C. The molecule has 31 heavy (non-hydrogen) atoms. The number of hydrogen-bond donors (Lipinski definition) is 1. The average molecular weight is 463 g/mol.